The SMILES string of the molecule is COc1ccccc1N1C(=O)CC2(CCC2)CNC1=O. The van der Waals surface area contributed by atoms with E-state index in [1.165, 1.54) is 12.0 Å². The number of nitrogens with one attached hydrogen (secondary N) is 1. The fraction of sp³-hybridized carbons (Fsp3) is 0.467. The van der Waals surface area contributed by atoms with Crippen molar-refractivity contribution in [1.29, 1.82) is 0 Å². The standard InChI is InChI=1S/C15H18N2O3/c1-20-12-6-3-2-5-11(12)17-13(18)9-15(7-4-8-15)10-16-14(17)19/h2-3,5-6H,4,7-10H2,1H3,(H,16,19). The van der Waals surface area contributed by atoms with Gasteiger partial charge in [0.2, 0.25) is 5.91 Å². The third-order valence-corrected chi connectivity index (χ3v) is 4.33. The number of amides is 3. The van der Waals surface area contributed by atoms with Crippen LogP contribution in [0.4, 0.5) is 10.5 Å². The van der Waals surface area contributed by atoms with Crippen LogP contribution in [0.2, 0.25) is 0 Å². The van der Waals surface area contributed by atoms with Gasteiger partial charge >= 0.3 is 6.03 Å². The highest BCUT2D eigenvalue weighted by Gasteiger charge is 2.44. The molecule has 0 aromatic heterocycles. The molecule has 2 aliphatic rings. The van der Waals surface area contributed by atoms with E-state index in [0.29, 0.717) is 24.4 Å². The number of rotatable bonds is 2. The minimum absolute atomic E-state index is 0.0243. The molecule has 1 heterocycles. The molecule has 3 amide bonds. The number of nitrogens with zero attached hydrogens (tertiary/aromatic N) is 1. The van der Waals surface area contributed by atoms with Gasteiger partial charge in [-0.05, 0) is 30.4 Å². The summed E-state index contributed by atoms with van der Waals surface area (Å²) in [7, 11) is 1.53. The highest BCUT2D eigenvalue weighted by Crippen LogP contribution is 2.45. The Balaban J connectivity index is 1.95. The van der Waals surface area contributed by atoms with Gasteiger partial charge in [0.1, 0.15) is 5.75 Å². The maximum absolute atomic E-state index is 12.5. The van der Waals surface area contributed by atoms with Gasteiger partial charge < -0.3 is 10.1 Å². The number of ether oxygens (including phenoxy) is 1. The number of para-hydroxylation sites is 2. The predicted molar refractivity (Wildman–Crippen MR) is 74.8 cm³/mol. The molecule has 3 rings (SSSR count). The van der Waals surface area contributed by atoms with Gasteiger partial charge in [-0.2, -0.15) is 0 Å². The zero-order chi connectivity index (χ0) is 14.2. The van der Waals surface area contributed by atoms with Gasteiger partial charge in [0.05, 0.1) is 12.8 Å². The Hall–Kier alpha value is -2.04. The Bertz CT molecular complexity index is 552. The Morgan fingerprint density at radius 3 is 2.65 bits per heavy atom. The van der Waals surface area contributed by atoms with E-state index < -0.39 is 0 Å². The highest BCUT2D eigenvalue weighted by atomic mass is 16.5. The van der Waals surface area contributed by atoms with Crippen molar-refractivity contribution in [2.75, 3.05) is 18.6 Å². The molecule has 1 aliphatic heterocycles. The van der Waals surface area contributed by atoms with Gasteiger partial charge in [0, 0.05) is 13.0 Å². The largest absolute Gasteiger partial charge is 0.495 e. The lowest BCUT2D eigenvalue weighted by Crippen LogP contribution is -2.42. The molecular formula is C15H18N2O3. The summed E-state index contributed by atoms with van der Waals surface area (Å²) in [4.78, 5) is 26.0. The van der Waals surface area contributed by atoms with Crippen molar-refractivity contribution in [2.45, 2.75) is 25.7 Å². The highest BCUT2D eigenvalue weighted by molar-refractivity contribution is 6.15. The van der Waals surface area contributed by atoms with Crippen molar-refractivity contribution < 1.29 is 14.3 Å². The van der Waals surface area contributed by atoms with E-state index in [9.17, 15) is 9.59 Å². The van der Waals surface area contributed by atoms with E-state index in [1.54, 1.807) is 18.2 Å². The molecule has 1 aliphatic carbocycles. The van der Waals surface area contributed by atoms with E-state index in [4.69, 9.17) is 4.74 Å². The topological polar surface area (TPSA) is 58.6 Å². The second kappa shape index (κ2) is 4.81. The maximum atomic E-state index is 12.5. The second-order valence-corrected chi connectivity index (χ2v) is 5.59. The summed E-state index contributed by atoms with van der Waals surface area (Å²) in [6.07, 6.45) is 3.58. The summed E-state index contributed by atoms with van der Waals surface area (Å²) in [6.45, 7) is 0.587. The van der Waals surface area contributed by atoms with E-state index >= 15 is 0 Å². The zero-order valence-corrected chi connectivity index (χ0v) is 11.5. The normalized spacial score (nSPS) is 21.1. The summed E-state index contributed by atoms with van der Waals surface area (Å²) in [5.41, 5.74) is 0.484. The number of hydrogen-bond donors (Lipinski definition) is 1. The molecule has 1 N–H and O–H groups in total. The number of anilines is 1. The summed E-state index contributed by atoms with van der Waals surface area (Å²) in [5, 5.41) is 2.88. The third-order valence-electron chi connectivity index (χ3n) is 4.33. The summed E-state index contributed by atoms with van der Waals surface area (Å²) >= 11 is 0. The van der Waals surface area contributed by atoms with Crippen LogP contribution >= 0.6 is 0 Å². The molecule has 0 bridgehead atoms. The van der Waals surface area contributed by atoms with Crippen LogP contribution in [0.25, 0.3) is 0 Å². The van der Waals surface area contributed by atoms with Gasteiger partial charge in [-0.1, -0.05) is 18.6 Å². The van der Waals surface area contributed by atoms with Gasteiger partial charge in [0.15, 0.2) is 0 Å². The molecular weight excluding hydrogens is 256 g/mol. The Labute approximate surface area is 117 Å². The molecule has 1 saturated carbocycles. The number of carbonyl (C=O) groups excluding carboxylic acids is 2. The summed E-state index contributed by atoms with van der Waals surface area (Å²) in [5.74, 6) is 0.379. The third kappa shape index (κ3) is 2.03. The number of imide groups is 1. The molecule has 1 spiro atoms. The first-order chi connectivity index (χ1) is 9.65. The van der Waals surface area contributed by atoms with Crippen molar-refractivity contribution in [3.05, 3.63) is 24.3 Å². The Morgan fingerprint density at radius 1 is 1.25 bits per heavy atom. The van der Waals surface area contributed by atoms with E-state index in [0.717, 1.165) is 19.3 Å². The maximum Gasteiger partial charge on any atom is 0.328 e. The molecule has 20 heavy (non-hydrogen) atoms. The Kier molecular flexibility index (Phi) is 3.12. The number of urea groups is 1. The number of carbonyl (C=O) groups is 2. The average Bonchev–Trinajstić information content (AvgIpc) is 2.55. The first-order valence-electron chi connectivity index (χ1n) is 6.89. The van der Waals surface area contributed by atoms with Crippen LogP contribution in [0.5, 0.6) is 5.75 Å². The van der Waals surface area contributed by atoms with Crippen molar-refractivity contribution in [2.24, 2.45) is 5.41 Å². The lowest BCUT2D eigenvalue weighted by Gasteiger charge is -2.39. The van der Waals surface area contributed by atoms with Crippen LogP contribution in [0.1, 0.15) is 25.7 Å². The molecule has 1 aromatic carbocycles. The first kappa shape index (κ1) is 13.0. The van der Waals surface area contributed by atoms with E-state index in [2.05, 4.69) is 5.32 Å². The van der Waals surface area contributed by atoms with Gasteiger partial charge in [-0.25, -0.2) is 9.69 Å². The van der Waals surface area contributed by atoms with Crippen LogP contribution in [0, 0.1) is 5.41 Å². The quantitative estimate of drug-likeness (QED) is 0.900. The smallest absolute Gasteiger partial charge is 0.328 e. The molecule has 5 heteroatoms. The number of benzene rings is 1. The van der Waals surface area contributed by atoms with Crippen LogP contribution < -0.4 is 15.0 Å². The lowest BCUT2D eigenvalue weighted by molar-refractivity contribution is -0.120. The Morgan fingerprint density at radius 2 is 2.00 bits per heavy atom. The number of hydrogen-bond acceptors (Lipinski definition) is 3. The van der Waals surface area contributed by atoms with Crippen LogP contribution in [-0.2, 0) is 4.79 Å². The minimum atomic E-state index is -0.358. The van der Waals surface area contributed by atoms with Crippen molar-refractivity contribution in [3.8, 4) is 5.75 Å². The van der Waals surface area contributed by atoms with Gasteiger partial charge in [0.25, 0.3) is 0 Å². The molecule has 1 saturated heterocycles. The molecule has 1 aromatic rings. The first-order valence-corrected chi connectivity index (χ1v) is 6.89. The summed E-state index contributed by atoms with van der Waals surface area (Å²) in [6, 6.07) is 6.73. The van der Waals surface area contributed by atoms with Crippen molar-refractivity contribution in [1.82, 2.24) is 5.32 Å². The molecule has 0 atom stereocenters. The zero-order valence-electron chi connectivity index (χ0n) is 11.5. The molecule has 0 unspecified atom stereocenters. The van der Waals surface area contributed by atoms with E-state index in [-0.39, 0.29) is 17.4 Å². The summed E-state index contributed by atoms with van der Waals surface area (Å²) < 4.78 is 5.25. The predicted octanol–water partition coefficient (Wildman–Crippen LogP) is 2.31. The van der Waals surface area contributed by atoms with Crippen LogP contribution in [0.3, 0.4) is 0 Å². The molecule has 0 radical (unpaired) electrons. The molecule has 5 nitrogen and oxygen atoms in total. The second-order valence-electron chi connectivity index (χ2n) is 5.59. The fourth-order valence-electron chi connectivity index (χ4n) is 3.01. The molecule has 2 fully saturated rings. The monoisotopic (exact) mass is 274 g/mol. The molecule has 106 valence electrons. The van der Waals surface area contributed by atoms with Gasteiger partial charge in [-0.3, -0.25) is 4.79 Å². The van der Waals surface area contributed by atoms with Crippen LogP contribution in [0.15, 0.2) is 24.3 Å². The van der Waals surface area contributed by atoms with Crippen LogP contribution in [-0.4, -0.2) is 25.6 Å². The number of methoxy groups -OCH3 is 1. The minimum Gasteiger partial charge on any atom is -0.495 e. The fourth-order valence-corrected chi connectivity index (χ4v) is 3.01. The van der Waals surface area contributed by atoms with Crippen molar-refractivity contribution >= 4 is 17.6 Å². The van der Waals surface area contributed by atoms with E-state index in [1.807, 2.05) is 6.07 Å². The lowest BCUT2D eigenvalue weighted by atomic mass is 9.66. The van der Waals surface area contributed by atoms with Gasteiger partial charge in [-0.15, -0.1) is 0 Å². The average molecular weight is 274 g/mol. The van der Waals surface area contributed by atoms with Crippen molar-refractivity contribution in [3.63, 3.8) is 0 Å².